The molecule has 0 saturated carbocycles. The number of carbonyl (C=O) groups excluding carboxylic acids is 1. The number of benzene rings is 1. The summed E-state index contributed by atoms with van der Waals surface area (Å²) >= 11 is 0. The van der Waals surface area contributed by atoms with E-state index in [4.69, 9.17) is 14.2 Å². The number of nitrogens with zero attached hydrogens (tertiary/aromatic N) is 2. The minimum absolute atomic E-state index is 0.0411. The average molecular weight is 366 g/mol. The monoisotopic (exact) mass is 366 g/mol. The second kappa shape index (κ2) is 6.76. The van der Waals surface area contributed by atoms with Gasteiger partial charge in [-0.1, -0.05) is 12.1 Å². The van der Waals surface area contributed by atoms with Crippen molar-refractivity contribution in [1.82, 2.24) is 9.88 Å². The predicted octanol–water partition coefficient (Wildman–Crippen LogP) is 2.82. The third kappa shape index (κ3) is 3.09. The first-order valence-corrected chi connectivity index (χ1v) is 9.55. The summed E-state index contributed by atoms with van der Waals surface area (Å²) in [5.74, 6) is 2.23. The second-order valence-corrected chi connectivity index (χ2v) is 7.39. The van der Waals surface area contributed by atoms with Crippen molar-refractivity contribution in [3.63, 3.8) is 0 Å². The Labute approximate surface area is 158 Å². The van der Waals surface area contributed by atoms with Crippen molar-refractivity contribution in [2.45, 2.75) is 50.0 Å². The summed E-state index contributed by atoms with van der Waals surface area (Å²) in [5, 5.41) is 0. The lowest BCUT2D eigenvalue weighted by atomic mass is 9.98. The van der Waals surface area contributed by atoms with E-state index >= 15 is 0 Å². The van der Waals surface area contributed by atoms with E-state index in [2.05, 4.69) is 4.98 Å². The number of aromatic nitrogens is 1. The van der Waals surface area contributed by atoms with Crippen LogP contribution in [0.5, 0.6) is 17.2 Å². The highest BCUT2D eigenvalue weighted by atomic mass is 16.6. The Bertz CT molecular complexity index is 814. The Morgan fingerprint density at radius 3 is 2.48 bits per heavy atom. The zero-order chi connectivity index (χ0) is 18.2. The summed E-state index contributed by atoms with van der Waals surface area (Å²) in [6, 6.07) is 11.7. The summed E-state index contributed by atoms with van der Waals surface area (Å²) in [7, 11) is 0. The van der Waals surface area contributed by atoms with E-state index in [9.17, 15) is 4.79 Å². The molecule has 1 aromatic heterocycles. The molecule has 3 aliphatic rings. The number of pyridine rings is 1. The van der Waals surface area contributed by atoms with Crippen LogP contribution in [-0.4, -0.2) is 46.7 Å². The van der Waals surface area contributed by atoms with Crippen molar-refractivity contribution in [3.05, 3.63) is 48.8 Å². The fraction of sp³-hybridized carbons (Fsp3) is 0.429. The molecule has 0 N–H and O–H groups in total. The van der Waals surface area contributed by atoms with Gasteiger partial charge in [-0.2, -0.15) is 0 Å². The highest BCUT2D eigenvalue weighted by Gasteiger charge is 2.46. The van der Waals surface area contributed by atoms with Crippen LogP contribution in [0.25, 0.3) is 0 Å². The molecule has 6 heteroatoms. The minimum atomic E-state index is -0.569. The summed E-state index contributed by atoms with van der Waals surface area (Å²) in [6.45, 7) is 0.267. The maximum atomic E-state index is 13.2. The molecule has 4 heterocycles. The van der Waals surface area contributed by atoms with Crippen LogP contribution in [0.4, 0.5) is 0 Å². The summed E-state index contributed by atoms with van der Waals surface area (Å²) in [4.78, 5) is 19.2. The molecule has 1 aromatic carbocycles. The summed E-state index contributed by atoms with van der Waals surface area (Å²) in [5.41, 5.74) is 0. The largest absolute Gasteiger partial charge is 0.490 e. The number of carbonyl (C=O) groups is 1. The van der Waals surface area contributed by atoms with Crippen LogP contribution < -0.4 is 14.2 Å². The Morgan fingerprint density at radius 2 is 1.74 bits per heavy atom. The number of fused-ring (bicyclic) bond motifs is 3. The number of para-hydroxylation sites is 2. The molecular formula is C21H22N2O4. The molecule has 27 heavy (non-hydrogen) atoms. The van der Waals surface area contributed by atoms with E-state index in [1.165, 1.54) is 0 Å². The van der Waals surface area contributed by atoms with Crippen molar-refractivity contribution in [3.8, 4) is 17.2 Å². The quantitative estimate of drug-likeness (QED) is 0.836. The van der Waals surface area contributed by atoms with Crippen LogP contribution in [0.2, 0.25) is 0 Å². The molecule has 2 saturated heterocycles. The first-order chi connectivity index (χ1) is 13.3. The average Bonchev–Trinajstić information content (AvgIpc) is 2.98. The lowest BCUT2D eigenvalue weighted by molar-refractivity contribution is -0.147. The van der Waals surface area contributed by atoms with E-state index in [0.717, 1.165) is 31.4 Å². The molecule has 0 spiro atoms. The standard InChI is InChI=1S/C21H22N2O4/c24-21(20-13-25-18-3-1-2-4-19(18)27-20)23-14-5-6-15(23)12-17(11-14)26-16-7-9-22-10-8-16/h1-4,7-10,14-15,17,20H,5-6,11-13H2/t14-,15-,20-/m0/s1. The van der Waals surface area contributed by atoms with Crippen molar-refractivity contribution >= 4 is 5.91 Å². The third-order valence-corrected chi connectivity index (χ3v) is 5.68. The number of hydrogen-bond acceptors (Lipinski definition) is 5. The van der Waals surface area contributed by atoms with E-state index in [0.29, 0.717) is 11.5 Å². The third-order valence-electron chi connectivity index (χ3n) is 5.68. The van der Waals surface area contributed by atoms with Gasteiger partial charge in [-0.05, 0) is 37.1 Å². The Kier molecular flexibility index (Phi) is 4.11. The molecule has 3 atom stereocenters. The highest BCUT2D eigenvalue weighted by Crippen LogP contribution is 2.39. The lowest BCUT2D eigenvalue weighted by Gasteiger charge is -2.40. The van der Waals surface area contributed by atoms with Gasteiger partial charge in [-0.25, -0.2) is 0 Å². The van der Waals surface area contributed by atoms with Crippen molar-refractivity contribution in [2.24, 2.45) is 0 Å². The van der Waals surface area contributed by atoms with E-state index in [-0.39, 0.29) is 30.7 Å². The zero-order valence-electron chi connectivity index (χ0n) is 15.0. The van der Waals surface area contributed by atoms with Crippen LogP contribution in [-0.2, 0) is 4.79 Å². The smallest absolute Gasteiger partial charge is 0.267 e. The van der Waals surface area contributed by atoms with Crippen LogP contribution >= 0.6 is 0 Å². The Morgan fingerprint density at radius 1 is 1.04 bits per heavy atom. The topological polar surface area (TPSA) is 60.9 Å². The van der Waals surface area contributed by atoms with Gasteiger partial charge in [0.05, 0.1) is 0 Å². The molecule has 6 nitrogen and oxygen atoms in total. The number of hydrogen-bond donors (Lipinski definition) is 0. The molecule has 1 amide bonds. The van der Waals surface area contributed by atoms with Gasteiger partial charge >= 0.3 is 0 Å². The van der Waals surface area contributed by atoms with Gasteiger partial charge < -0.3 is 19.1 Å². The maximum Gasteiger partial charge on any atom is 0.267 e. The number of piperidine rings is 1. The normalized spacial score (nSPS) is 28.7. The first-order valence-electron chi connectivity index (χ1n) is 9.55. The van der Waals surface area contributed by atoms with E-state index < -0.39 is 6.10 Å². The Hall–Kier alpha value is -2.76. The van der Waals surface area contributed by atoms with Gasteiger partial charge in [0.1, 0.15) is 18.5 Å². The van der Waals surface area contributed by atoms with Gasteiger partial charge in [-0.15, -0.1) is 0 Å². The van der Waals surface area contributed by atoms with Crippen LogP contribution in [0.15, 0.2) is 48.8 Å². The number of rotatable bonds is 3. The van der Waals surface area contributed by atoms with Crippen LogP contribution in [0, 0.1) is 0 Å². The molecule has 2 fully saturated rings. The maximum absolute atomic E-state index is 13.2. The van der Waals surface area contributed by atoms with Gasteiger partial charge in [-0.3, -0.25) is 9.78 Å². The van der Waals surface area contributed by atoms with Gasteiger partial charge in [0.2, 0.25) is 6.10 Å². The fourth-order valence-electron chi connectivity index (χ4n) is 4.50. The predicted molar refractivity (Wildman–Crippen MR) is 97.9 cm³/mol. The molecule has 0 radical (unpaired) electrons. The van der Waals surface area contributed by atoms with Crippen LogP contribution in [0.3, 0.4) is 0 Å². The van der Waals surface area contributed by atoms with Crippen molar-refractivity contribution in [1.29, 1.82) is 0 Å². The molecule has 5 rings (SSSR count). The van der Waals surface area contributed by atoms with Crippen LogP contribution in [0.1, 0.15) is 25.7 Å². The SMILES string of the molecule is O=C([C@@H]1COc2ccccc2O1)N1[C@H]2CC[C@H]1CC(Oc1ccncc1)C2. The summed E-state index contributed by atoms with van der Waals surface area (Å²) < 4.78 is 17.8. The summed E-state index contributed by atoms with van der Waals surface area (Å²) in [6.07, 6.45) is 6.80. The van der Waals surface area contributed by atoms with Gasteiger partial charge in [0, 0.05) is 37.3 Å². The van der Waals surface area contributed by atoms with Gasteiger partial charge in [0.15, 0.2) is 11.5 Å². The molecule has 0 unspecified atom stereocenters. The molecule has 140 valence electrons. The Balaban J connectivity index is 1.26. The highest BCUT2D eigenvalue weighted by molar-refractivity contribution is 5.83. The second-order valence-electron chi connectivity index (χ2n) is 7.39. The number of ether oxygens (including phenoxy) is 3. The molecule has 3 aliphatic heterocycles. The van der Waals surface area contributed by atoms with E-state index in [1.54, 1.807) is 12.4 Å². The van der Waals surface area contributed by atoms with Gasteiger partial charge in [0.25, 0.3) is 5.91 Å². The lowest BCUT2D eigenvalue weighted by Crippen LogP contribution is -2.55. The van der Waals surface area contributed by atoms with Crippen molar-refractivity contribution < 1.29 is 19.0 Å². The zero-order valence-corrected chi connectivity index (χ0v) is 15.0. The van der Waals surface area contributed by atoms with Crippen molar-refractivity contribution in [2.75, 3.05) is 6.61 Å². The fourth-order valence-corrected chi connectivity index (χ4v) is 4.50. The molecule has 2 aromatic rings. The van der Waals surface area contributed by atoms with E-state index in [1.807, 2.05) is 41.3 Å². The number of amides is 1. The first kappa shape index (κ1) is 16.4. The molecule has 0 aliphatic carbocycles. The molecular weight excluding hydrogens is 344 g/mol. The molecule has 2 bridgehead atoms. The minimum Gasteiger partial charge on any atom is -0.490 e.